The third-order valence-electron chi connectivity index (χ3n) is 4.23. The van der Waals surface area contributed by atoms with Crippen LogP contribution < -0.4 is 0 Å². The van der Waals surface area contributed by atoms with Gasteiger partial charge in [-0.15, -0.1) is 23.2 Å². The third-order valence-corrected chi connectivity index (χ3v) is 6.75. The van der Waals surface area contributed by atoms with Gasteiger partial charge in [0.15, 0.2) is 4.87 Å². The van der Waals surface area contributed by atoms with Crippen molar-refractivity contribution in [3.05, 3.63) is 46.0 Å². The van der Waals surface area contributed by atoms with Crippen molar-refractivity contribution in [3.8, 4) is 0 Å². The molecule has 0 aliphatic heterocycles. The summed E-state index contributed by atoms with van der Waals surface area (Å²) in [6.45, 7) is 0. The Bertz CT molecular complexity index is 657. The van der Waals surface area contributed by atoms with Gasteiger partial charge in [0.25, 0.3) is 5.79 Å². The molecule has 0 unspecified atom stereocenters. The van der Waals surface area contributed by atoms with E-state index in [2.05, 4.69) is 0 Å². The van der Waals surface area contributed by atoms with E-state index in [1.165, 1.54) is 0 Å². The minimum Gasteiger partial charge on any atom is -0.358 e. The Morgan fingerprint density at radius 3 is 2.19 bits per heavy atom. The summed E-state index contributed by atoms with van der Waals surface area (Å²) in [5.41, 5.74) is 0.726. The van der Waals surface area contributed by atoms with Gasteiger partial charge in [0.2, 0.25) is 5.78 Å². The van der Waals surface area contributed by atoms with Gasteiger partial charge in [0.05, 0.1) is 10.1 Å². The molecule has 0 amide bonds. The van der Waals surface area contributed by atoms with Crippen molar-refractivity contribution in [3.63, 3.8) is 0 Å². The summed E-state index contributed by atoms with van der Waals surface area (Å²) in [7, 11) is 0. The first-order valence-corrected chi connectivity index (χ1v) is 7.67. The summed E-state index contributed by atoms with van der Waals surface area (Å²) < 4.78 is 0. The average molecular weight is 368 g/mol. The molecule has 1 saturated carbocycles. The van der Waals surface area contributed by atoms with Gasteiger partial charge >= 0.3 is 0 Å². The molecule has 2 N–H and O–H groups in total. The molecule has 4 rings (SSSR count). The van der Waals surface area contributed by atoms with Gasteiger partial charge < -0.3 is 10.2 Å². The molecule has 0 heterocycles. The number of Topliss-reactive ketones (excluding diaryl/α,β-unsaturated/α-hetero) is 1. The van der Waals surface area contributed by atoms with Crippen molar-refractivity contribution in [1.29, 1.82) is 0 Å². The molecule has 0 spiro atoms. The Labute approximate surface area is 141 Å². The Morgan fingerprint density at radius 1 is 1.05 bits per heavy atom. The number of aliphatic hydroxyl groups is 2. The number of hydrogen-bond acceptors (Lipinski definition) is 3. The van der Waals surface area contributed by atoms with E-state index in [1.54, 1.807) is 24.3 Å². The van der Waals surface area contributed by atoms with Crippen molar-refractivity contribution >= 4 is 52.2 Å². The minimum absolute atomic E-state index is 0.0180. The highest BCUT2D eigenvalue weighted by atomic mass is 35.5. The van der Waals surface area contributed by atoms with Crippen LogP contribution in [0.1, 0.15) is 17.9 Å². The third kappa shape index (κ3) is 1.73. The van der Waals surface area contributed by atoms with Crippen LogP contribution in [0.15, 0.2) is 40.4 Å². The molecule has 2 bridgehead atoms. The summed E-state index contributed by atoms with van der Waals surface area (Å²) in [5, 5.41) is 19.9. The SMILES string of the molecule is O=C1C(O)(O)[C@@]2(Cl)C[C@H](c3ccccc3)[C@]1(Cl)C(Cl)=C2Cl. The minimum atomic E-state index is -2.86. The smallest absolute Gasteiger partial charge is 0.251 e. The molecule has 21 heavy (non-hydrogen) atoms. The molecule has 7 heteroatoms. The maximum Gasteiger partial charge on any atom is 0.251 e. The molecular formula is C14H10Cl4O3. The zero-order valence-corrected chi connectivity index (χ0v) is 13.5. The quantitative estimate of drug-likeness (QED) is 0.592. The first-order chi connectivity index (χ1) is 9.67. The molecule has 3 aliphatic carbocycles. The molecule has 1 aromatic carbocycles. The number of carbonyl (C=O) groups excluding carboxylic acids is 1. The van der Waals surface area contributed by atoms with E-state index in [-0.39, 0.29) is 16.5 Å². The van der Waals surface area contributed by atoms with E-state index >= 15 is 0 Å². The molecule has 0 aromatic heterocycles. The van der Waals surface area contributed by atoms with Crippen LogP contribution in [-0.2, 0) is 4.79 Å². The maximum atomic E-state index is 12.5. The van der Waals surface area contributed by atoms with Crippen molar-refractivity contribution in [2.75, 3.05) is 0 Å². The highest BCUT2D eigenvalue weighted by Gasteiger charge is 2.74. The zero-order chi connectivity index (χ0) is 15.6. The molecular weight excluding hydrogens is 358 g/mol. The van der Waals surface area contributed by atoms with Gasteiger partial charge in [-0.25, -0.2) is 0 Å². The summed E-state index contributed by atoms with van der Waals surface area (Å²) in [6.07, 6.45) is -0.0180. The fourth-order valence-corrected chi connectivity index (χ4v) is 4.62. The van der Waals surface area contributed by atoms with E-state index in [1.807, 2.05) is 6.07 Å². The normalized spacial score (nSPS) is 38.0. The number of allylic oxidation sites excluding steroid dienone is 1. The van der Waals surface area contributed by atoms with Crippen molar-refractivity contribution in [2.45, 2.75) is 27.9 Å². The molecule has 1 aromatic rings. The zero-order valence-electron chi connectivity index (χ0n) is 10.5. The van der Waals surface area contributed by atoms with E-state index in [4.69, 9.17) is 46.4 Å². The van der Waals surface area contributed by atoms with Crippen LogP contribution in [0.5, 0.6) is 0 Å². The van der Waals surface area contributed by atoms with Crippen molar-refractivity contribution < 1.29 is 15.0 Å². The summed E-state index contributed by atoms with van der Waals surface area (Å²) >= 11 is 24.9. The second kappa shape index (κ2) is 4.60. The second-order valence-corrected chi connectivity index (χ2v) is 7.31. The topological polar surface area (TPSA) is 57.5 Å². The number of ketones is 1. The number of halogens is 4. The van der Waals surface area contributed by atoms with E-state index < -0.39 is 27.2 Å². The Morgan fingerprint density at radius 2 is 1.62 bits per heavy atom. The summed E-state index contributed by atoms with van der Waals surface area (Å²) in [6, 6.07) is 8.94. The van der Waals surface area contributed by atoms with Gasteiger partial charge in [0.1, 0.15) is 4.87 Å². The molecule has 3 nitrogen and oxygen atoms in total. The monoisotopic (exact) mass is 366 g/mol. The lowest BCUT2D eigenvalue weighted by Crippen LogP contribution is -2.72. The van der Waals surface area contributed by atoms with Crippen molar-refractivity contribution in [2.24, 2.45) is 0 Å². The number of benzene rings is 1. The van der Waals surface area contributed by atoms with Gasteiger partial charge in [-0.1, -0.05) is 53.5 Å². The molecule has 3 aliphatic rings. The van der Waals surface area contributed by atoms with Crippen LogP contribution in [0.4, 0.5) is 0 Å². The predicted octanol–water partition coefficient (Wildman–Crippen LogP) is 3.08. The average Bonchev–Trinajstić information content (AvgIpc) is 2.47. The van der Waals surface area contributed by atoms with Crippen LogP contribution in [0.25, 0.3) is 0 Å². The fraction of sp³-hybridized carbons (Fsp3) is 0.357. The van der Waals surface area contributed by atoms with Crippen LogP contribution >= 0.6 is 46.4 Å². The van der Waals surface area contributed by atoms with E-state index in [9.17, 15) is 15.0 Å². The summed E-state index contributed by atoms with van der Waals surface area (Å²) in [5.74, 6) is -4.52. The van der Waals surface area contributed by atoms with E-state index in [0.29, 0.717) is 0 Å². The van der Waals surface area contributed by atoms with Gasteiger partial charge in [-0.05, 0) is 12.0 Å². The lowest BCUT2D eigenvalue weighted by Gasteiger charge is -2.55. The first kappa shape index (κ1) is 15.6. The summed E-state index contributed by atoms with van der Waals surface area (Å²) in [4.78, 5) is 8.75. The highest BCUT2D eigenvalue weighted by Crippen LogP contribution is 2.64. The number of hydrogen-bond donors (Lipinski definition) is 2. The molecule has 1 fully saturated rings. The Hall–Kier alpha value is -0.290. The number of carbonyl (C=O) groups is 1. The van der Waals surface area contributed by atoms with Crippen LogP contribution in [0, 0.1) is 0 Å². The van der Waals surface area contributed by atoms with Crippen LogP contribution in [0.3, 0.4) is 0 Å². The first-order valence-electron chi connectivity index (χ1n) is 6.16. The van der Waals surface area contributed by atoms with E-state index in [0.717, 1.165) is 5.56 Å². The molecule has 3 atom stereocenters. The molecule has 112 valence electrons. The standard InChI is InChI=1S/C14H10Cl4O3/c15-9-10(16)13(18)8(7-4-2-1-3-5-7)6-12(9,17)14(20,21)11(13)19/h1-5,8,20-21H,6H2/t8-,12-,13+/m1/s1. The molecule has 0 saturated heterocycles. The number of alkyl halides is 2. The van der Waals surface area contributed by atoms with Gasteiger partial charge in [-0.2, -0.15) is 0 Å². The Balaban J connectivity index is 2.27. The predicted molar refractivity (Wildman–Crippen MR) is 81.9 cm³/mol. The largest absolute Gasteiger partial charge is 0.358 e. The second-order valence-electron chi connectivity index (χ2n) is 5.31. The number of fused-ring (bicyclic) bond motifs is 2. The fourth-order valence-electron chi connectivity index (χ4n) is 3.02. The molecule has 0 radical (unpaired) electrons. The lowest BCUT2D eigenvalue weighted by atomic mass is 9.61. The maximum absolute atomic E-state index is 12.5. The highest BCUT2D eigenvalue weighted by molar-refractivity contribution is 6.56. The van der Waals surface area contributed by atoms with Crippen LogP contribution in [-0.4, -0.2) is 31.5 Å². The van der Waals surface area contributed by atoms with Gasteiger partial charge in [-0.3, -0.25) is 4.79 Å². The van der Waals surface area contributed by atoms with Crippen LogP contribution in [0.2, 0.25) is 0 Å². The Kier molecular flexibility index (Phi) is 3.42. The van der Waals surface area contributed by atoms with Gasteiger partial charge in [0, 0.05) is 5.92 Å². The number of rotatable bonds is 1. The van der Waals surface area contributed by atoms with Crippen molar-refractivity contribution in [1.82, 2.24) is 0 Å². The lowest BCUT2D eigenvalue weighted by molar-refractivity contribution is -0.204.